The second-order valence-corrected chi connectivity index (χ2v) is 4.86. The van der Waals surface area contributed by atoms with Crippen molar-refractivity contribution in [3.63, 3.8) is 0 Å². The van der Waals surface area contributed by atoms with Crippen molar-refractivity contribution >= 4 is 17.3 Å². The molecular formula is C11H16ClN. The quantitative estimate of drug-likeness (QED) is 0.761. The molecule has 2 heteroatoms. The Kier molecular flexibility index (Phi) is 3.21. The van der Waals surface area contributed by atoms with Crippen LogP contribution in [0.25, 0.3) is 0 Å². The lowest BCUT2D eigenvalue weighted by Gasteiger charge is -2.19. The summed E-state index contributed by atoms with van der Waals surface area (Å²) in [6.07, 6.45) is 0. The van der Waals surface area contributed by atoms with Crippen molar-refractivity contribution < 1.29 is 0 Å². The van der Waals surface area contributed by atoms with E-state index in [1.54, 1.807) is 0 Å². The van der Waals surface area contributed by atoms with Crippen LogP contribution in [0.5, 0.6) is 0 Å². The molecule has 72 valence electrons. The van der Waals surface area contributed by atoms with Crippen molar-refractivity contribution in [2.24, 2.45) is 5.41 Å². The molecule has 0 aliphatic carbocycles. The zero-order valence-electron chi connectivity index (χ0n) is 8.39. The first-order valence-corrected chi connectivity index (χ1v) is 4.85. The molecule has 0 radical (unpaired) electrons. The van der Waals surface area contributed by atoms with Gasteiger partial charge in [-0.15, -0.1) is 0 Å². The zero-order valence-corrected chi connectivity index (χ0v) is 9.15. The van der Waals surface area contributed by atoms with Gasteiger partial charge in [0.05, 0.1) is 0 Å². The van der Waals surface area contributed by atoms with Crippen LogP contribution in [0.15, 0.2) is 24.3 Å². The summed E-state index contributed by atoms with van der Waals surface area (Å²) < 4.78 is 0. The van der Waals surface area contributed by atoms with Gasteiger partial charge in [0.1, 0.15) is 0 Å². The molecule has 0 aromatic heterocycles. The second-order valence-electron chi connectivity index (χ2n) is 4.42. The monoisotopic (exact) mass is 197 g/mol. The third-order valence-corrected chi connectivity index (χ3v) is 1.88. The highest BCUT2D eigenvalue weighted by Gasteiger charge is 2.08. The van der Waals surface area contributed by atoms with Gasteiger partial charge in [0.25, 0.3) is 0 Å². The van der Waals surface area contributed by atoms with Gasteiger partial charge in [-0.25, -0.2) is 0 Å². The highest BCUT2D eigenvalue weighted by molar-refractivity contribution is 6.30. The molecule has 0 saturated heterocycles. The standard InChI is InChI=1S/C11H16ClN/c1-11(2,3)8-13-10-6-4-5-9(12)7-10/h4-7,13H,8H2,1-3H3. The van der Waals surface area contributed by atoms with E-state index in [-0.39, 0.29) is 0 Å². The van der Waals surface area contributed by atoms with Crippen LogP contribution in [0, 0.1) is 5.41 Å². The first kappa shape index (κ1) is 10.4. The topological polar surface area (TPSA) is 12.0 Å². The third-order valence-electron chi connectivity index (χ3n) is 1.65. The van der Waals surface area contributed by atoms with Crippen LogP contribution in [-0.2, 0) is 0 Å². The fraction of sp³-hybridized carbons (Fsp3) is 0.455. The molecule has 0 amide bonds. The van der Waals surface area contributed by atoms with Gasteiger partial charge >= 0.3 is 0 Å². The molecular weight excluding hydrogens is 182 g/mol. The Balaban J connectivity index is 2.55. The van der Waals surface area contributed by atoms with E-state index in [9.17, 15) is 0 Å². The molecule has 0 saturated carbocycles. The van der Waals surface area contributed by atoms with Gasteiger partial charge in [0.2, 0.25) is 0 Å². The molecule has 0 atom stereocenters. The number of anilines is 1. The number of halogens is 1. The van der Waals surface area contributed by atoms with Crippen LogP contribution >= 0.6 is 11.6 Å². The Bertz CT molecular complexity index is 276. The van der Waals surface area contributed by atoms with Crippen molar-refractivity contribution in [2.45, 2.75) is 20.8 Å². The van der Waals surface area contributed by atoms with Crippen LogP contribution in [0.3, 0.4) is 0 Å². The number of hydrogen-bond acceptors (Lipinski definition) is 1. The summed E-state index contributed by atoms with van der Waals surface area (Å²) in [7, 11) is 0. The summed E-state index contributed by atoms with van der Waals surface area (Å²) in [6, 6.07) is 7.79. The molecule has 1 aromatic carbocycles. The van der Waals surface area contributed by atoms with Gasteiger partial charge in [0, 0.05) is 17.3 Å². The maximum atomic E-state index is 5.85. The number of hydrogen-bond donors (Lipinski definition) is 1. The highest BCUT2D eigenvalue weighted by Crippen LogP contribution is 2.18. The van der Waals surface area contributed by atoms with E-state index in [4.69, 9.17) is 11.6 Å². The Morgan fingerprint density at radius 2 is 2.00 bits per heavy atom. The fourth-order valence-electron chi connectivity index (χ4n) is 0.966. The minimum atomic E-state index is 0.294. The summed E-state index contributed by atoms with van der Waals surface area (Å²) in [5, 5.41) is 4.12. The first-order valence-electron chi connectivity index (χ1n) is 4.47. The minimum absolute atomic E-state index is 0.294. The SMILES string of the molecule is CC(C)(C)CNc1cccc(Cl)c1. The van der Waals surface area contributed by atoms with Gasteiger partial charge in [-0.2, -0.15) is 0 Å². The molecule has 0 unspecified atom stereocenters. The summed E-state index contributed by atoms with van der Waals surface area (Å²) in [4.78, 5) is 0. The predicted octanol–water partition coefficient (Wildman–Crippen LogP) is 3.80. The lowest BCUT2D eigenvalue weighted by molar-refractivity contribution is 0.443. The van der Waals surface area contributed by atoms with Gasteiger partial charge in [-0.1, -0.05) is 38.4 Å². The van der Waals surface area contributed by atoms with E-state index in [2.05, 4.69) is 26.1 Å². The number of nitrogens with one attached hydrogen (secondary N) is 1. The molecule has 1 aromatic rings. The van der Waals surface area contributed by atoms with Gasteiger partial charge in [-0.05, 0) is 23.6 Å². The third kappa shape index (κ3) is 4.18. The summed E-state index contributed by atoms with van der Waals surface area (Å²) in [6.45, 7) is 7.55. The summed E-state index contributed by atoms with van der Waals surface area (Å²) in [5.74, 6) is 0. The molecule has 1 rings (SSSR count). The lowest BCUT2D eigenvalue weighted by Crippen LogP contribution is -2.18. The number of benzene rings is 1. The Labute approximate surface area is 85.1 Å². The predicted molar refractivity (Wildman–Crippen MR) is 59.4 cm³/mol. The van der Waals surface area contributed by atoms with Gasteiger partial charge in [-0.3, -0.25) is 0 Å². The fourth-order valence-corrected chi connectivity index (χ4v) is 1.16. The molecule has 0 aliphatic rings. The van der Waals surface area contributed by atoms with Gasteiger partial charge in [0.15, 0.2) is 0 Å². The van der Waals surface area contributed by atoms with Crippen LogP contribution in [0.4, 0.5) is 5.69 Å². The van der Waals surface area contributed by atoms with Crippen molar-refractivity contribution in [3.8, 4) is 0 Å². The molecule has 0 aliphatic heterocycles. The largest absolute Gasteiger partial charge is 0.384 e. The van der Waals surface area contributed by atoms with E-state index in [0.717, 1.165) is 17.3 Å². The maximum Gasteiger partial charge on any atom is 0.0426 e. The van der Waals surface area contributed by atoms with Crippen molar-refractivity contribution in [2.75, 3.05) is 11.9 Å². The van der Waals surface area contributed by atoms with E-state index < -0.39 is 0 Å². The van der Waals surface area contributed by atoms with E-state index in [1.807, 2.05) is 24.3 Å². The van der Waals surface area contributed by atoms with Gasteiger partial charge < -0.3 is 5.32 Å². The van der Waals surface area contributed by atoms with Crippen LogP contribution in [0.1, 0.15) is 20.8 Å². The van der Waals surface area contributed by atoms with E-state index in [0.29, 0.717) is 5.41 Å². The van der Waals surface area contributed by atoms with Crippen molar-refractivity contribution in [3.05, 3.63) is 29.3 Å². The van der Waals surface area contributed by atoms with Crippen LogP contribution < -0.4 is 5.32 Å². The Morgan fingerprint density at radius 1 is 1.31 bits per heavy atom. The maximum absolute atomic E-state index is 5.85. The first-order chi connectivity index (χ1) is 5.97. The molecule has 13 heavy (non-hydrogen) atoms. The zero-order chi connectivity index (χ0) is 9.90. The van der Waals surface area contributed by atoms with E-state index >= 15 is 0 Å². The van der Waals surface area contributed by atoms with E-state index in [1.165, 1.54) is 0 Å². The average molecular weight is 198 g/mol. The smallest absolute Gasteiger partial charge is 0.0426 e. The minimum Gasteiger partial charge on any atom is -0.384 e. The van der Waals surface area contributed by atoms with Crippen LogP contribution in [0.2, 0.25) is 5.02 Å². The number of rotatable bonds is 2. The van der Waals surface area contributed by atoms with Crippen LogP contribution in [-0.4, -0.2) is 6.54 Å². The lowest BCUT2D eigenvalue weighted by atomic mass is 9.97. The average Bonchev–Trinajstić information content (AvgIpc) is 2.00. The second kappa shape index (κ2) is 4.01. The molecule has 0 spiro atoms. The molecule has 0 heterocycles. The molecule has 1 nitrogen and oxygen atoms in total. The van der Waals surface area contributed by atoms with Crippen molar-refractivity contribution in [1.29, 1.82) is 0 Å². The molecule has 0 fully saturated rings. The molecule has 0 bridgehead atoms. The summed E-state index contributed by atoms with van der Waals surface area (Å²) in [5.41, 5.74) is 1.38. The molecule has 1 N–H and O–H groups in total. The highest BCUT2D eigenvalue weighted by atomic mass is 35.5. The Hall–Kier alpha value is -0.690. The normalized spacial score (nSPS) is 11.4. The van der Waals surface area contributed by atoms with Crippen molar-refractivity contribution in [1.82, 2.24) is 0 Å². The Morgan fingerprint density at radius 3 is 2.54 bits per heavy atom. The summed E-state index contributed by atoms with van der Waals surface area (Å²) >= 11 is 5.85.